The van der Waals surface area contributed by atoms with E-state index in [-0.39, 0.29) is 28.7 Å². The predicted molar refractivity (Wildman–Crippen MR) is 133 cm³/mol. The summed E-state index contributed by atoms with van der Waals surface area (Å²) in [6, 6.07) is 10.8. The fourth-order valence-corrected chi connectivity index (χ4v) is 4.80. The Morgan fingerprint density at radius 2 is 1.83 bits per heavy atom. The number of amides is 3. The van der Waals surface area contributed by atoms with E-state index in [9.17, 15) is 14.4 Å². The fraction of sp³-hybridized carbons (Fsp3) is 0.500. The van der Waals surface area contributed by atoms with Crippen LogP contribution in [0.4, 0.5) is 0 Å². The highest BCUT2D eigenvalue weighted by Gasteiger charge is 2.41. The van der Waals surface area contributed by atoms with Gasteiger partial charge in [-0.2, -0.15) is 5.12 Å². The van der Waals surface area contributed by atoms with Crippen molar-refractivity contribution in [3.8, 4) is 11.3 Å². The summed E-state index contributed by atoms with van der Waals surface area (Å²) >= 11 is 0. The number of nitrogens with two attached hydrogens (primary N) is 1. The fourth-order valence-electron chi connectivity index (χ4n) is 3.46. The minimum Gasteiger partial charge on any atom is -0.405 e. The Kier molecular flexibility index (Phi) is 7.82. The van der Waals surface area contributed by atoms with Crippen LogP contribution in [0, 0.1) is 5.92 Å². The second-order valence-electron chi connectivity index (χ2n) is 10.5. The largest absolute Gasteiger partial charge is 0.405 e. The maximum Gasteiger partial charge on any atom is 0.290 e. The van der Waals surface area contributed by atoms with Gasteiger partial charge in [0.15, 0.2) is 8.32 Å². The molecular weight excluding hydrogens is 466 g/mol. The molecule has 10 nitrogen and oxygen atoms in total. The molecular formula is C24H35N5O5Si. The molecule has 1 aromatic heterocycles. The Morgan fingerprint density at radius 1 is 1.20 bits per heavy atom. The molecule has 0 aliphatic heterocycles. The molecule has 0 bridgehead atoms. The van der Waals surface area contributed by atoms with E-state index in [0.717, 1.165) is 5.56 Å². The summed E-state index contributed by atoms with van der Waals surface area (Å²) in [5, 5.41) is 7.41. The van der Waals surface area contributed by atoms with E-state index < -0.39 is 26.2 Å². The molecule has 1 aliphatic carbocycles. The van der Waals surface area contributed by atoms with Crippen LogP contribution in [0.15, 0.2) is 40.9 Å². The smallest absolute Gasteiger partial charge is 0.290 e. The van der Waals surface area contributed by atoms with E-state index in [2.05, 4.69) is 36.7 Å². The van der Waals surface area contributed by atoms with Crippen molar-refractivity contribution in [2.45, 2.75) is 70.8 Å². The molecule has 0 unspecified atom stereocenters. The first-order chi connectivity index (χ1) is 16.3. The molecule has 1 atom stereocenters. The molecule has 190 valence electrons. The van der Waals surface area contributed by atoms with Crippen LogP contribution < -0.4 is 16.6 Å². The van der Waals surface area contributed by atoms with E-state index in [0.29, 0.717) is 23.7 Å². The first-order valence-electron chi connectivity index (χ1n) is 11.7. The summed E-state index contributed by atoms with van der Waals surface area (Å²) in [7, 11) is -2.17. The van der Waals surface area contributed by atoms with Gasteiger partial charge in [-0.3, -0.25) is 14.4 Å². The SMILES string of the molecule is C[C@@H](O[Si](C)(C)C(C)(C)C)C(=O)N(N)NC(=O)C1CC(NC(=O)c2cc(-c3ccccc3)no2)C1. The van der Waals surface area contributed by atoms with Crippen molar-refractivity contribution in [3.63, 3.8) is 0 Å². The predicted octanol–water partition coefficient (Wildman–Crippen LogP) is 2.99. The van der Waals surface area contributed by atoms with Crippen LogP contribution >= 0.6 is 0 Å². The normalized spacial score (nSPS) is 18.8. The second kappa shape index (κ2) is 10.3. The molecule has 4 N–H and O–H groups in total. The van der Waals surface area contributed by atoms with Crippen LogP contribution in [-0.4, -0.2) is 48.5 Å². The first-order valence-corrected chi connectivity index (χ1v) is 14.6. The minimum absolute atomic E-state index is 0.0651. The quantitative estimate of drug-likeness (QED) is 0.229. The van der Waals surface area contributed by atoms with Crippen LogP contribution in [0.3, 0.4) is 0 Å². The summed E-state index contributed by atoms with van der Waals surface area (Å²) in [5.41, 5.74) is 3.85. The van der Waals surface area contributed by atoms with Crippen LogP contribution in [-0.2, 0) is 14.0 Å². The molecule has 3 rings (SSSR count). The number of carbonyl (C=O) groups excluding carboxylic acids is 3. The average molecular weight is 502 g/mol. The molecule has 1 fully saturated rings. The van der Waals surface area contributed by atoms with Gasteiger partial charge in [0.2, 0.25) is 11.7 Å². The van der Waals surface area contributed by atoms with Crippen molar-refractivity contribution in [3.05, 3.63) is 42.2 Å². The van der Waals surface area contributed by atoms with Gasteiger partial charge in [0.05, 0.1) is 0 Å². The lowest BCUT2D eigenvalue weighted by Crippen LogP contribution is -2.59. The topological polar surface area (TPSA) is 140 Å². The number of carbonyl (C=O) groups is 3. The maximum absolute atomic E-state index is 12.6. The Bertz CT molecular complexity index is 1060. The van der Waals surface area contributed by atoms with E-state index in [1.807, 2.05) is 43.4 Å². The third kappa shape index (κ3) is 6.35. The zero-order valence-corrected chi connectivity index (χ0v) is 22.1. The lowest BCUT2D eigenvalue weighted by atomic mass is 9.79. The maximum atomic E-state index is 12.6. The van der Waals surface area contributed by atoms with Crippen LogP contribution in [0.2, 0.25) is 18.1 Å². The molecule has 35 heavy (non-hydrogen) atoms. The number of aromatic nitrogens is 1. The van der Waals surface area contributed by atoms with Crippen LogP contribution in [0.5, 0.6) is 0 Å². The summed E-state index contributed by atoms with van der Waals surface area (Å²) in [5.74, 6) is 4.24. The molecule has 0 spiro atoms. The standard InChI is InChI=1S/C24H35N5O5Si/c1-15(34-35(5,6)24(2,3)4)23(32)29(25)27-21(30)17-12-18(13-17)26-22(31)20-14-19(28-33-20)16-10-8-7-9-11-16/h7-11,14-15,17-18H,12-13,25H2,1-6H3,(H,26,31)(H,27,30)/t15-,17?,18?/m1/s1. The van der Waals surface area contributed by atoms with E-state index in [1.165, 1.54) is 0 Å². The van der Waals surface area contributed by atoms with Gasteiger partial charge < -0.3 is 14.3 Å². The highest BCUT2D eigenvalue weighted by atomic mass is 28.4. The van der Waals surface area contributed by atoms with Crippen molar-refractivity contribution >= 4 is 26.0 Å². The lowest BCUT2D eigenvalue weighted by molar-refractivity contribution is -0.149. The molecule has 2 aromatic rings. The molecule has 1 saturated carbocycles. The van der Waals surface area contributed by atoms with Crippen molar-refractivity contribution in [1.29, 1.82) is 0 Å². The van der Waals surface area contributed by atoms with Crippen molar-refractivity contribution in [2.24, 2.45) is 11.8 Å². The lowest BCUT2D eigenvalue weighted by Gasteiger charge is -2.39. The molecule has 3 amide bonds. The van der Waals surface area contributed by atoms with E-state index in [4.69, 9.17) is 14.8 Å². The molecule has 1 heterocycles. The first kappa shape index (κ1) is 26.6. The van der Waals surface area contributed by atoms with Crippen molar-refractivity contribution in [1.82, 2.24) is 21.0 Å². The monoisotopic (exact) mass is 501 g/mol. The Balaban J connectivity index is 1.44. The Hall–Kier alpha value is -3.02. The number of nitrogens with one attached hydrogen (secondary N) is 2. The van der Waals surface area contributed by atoms with Gasteiger partial charge in [0, 0.05) is 23.6 Å². The highest BCUT2D eigenvalue weighted by molar-refractivity contribution is 6.74. The van der Waals surface area contributed by atoms with Gasteiger partial charge in [-0.1, -0.05) is 56.3 Å². The number of hydrogen-bond acceptors (Lipinski definition) is 7. The van der Waals surface area contributed by atoms with Crippen LogP contribution in [0.25, 0.3) is 11.3 Å². The third-order valence-electron chi connectivity index (χ3n) is 6.74. The zero-order valence-electron chi connectivity index (χ0n) is 21.1. The number of hydrazine groups is 2. The number of nitrogens with zero attached hydrogens (tertiary/aromatic N) is 2. The molecule has 1 aliphatic rings. The van der Waals surface area contributed by atoms with Gasteiger partial charge in [0.25, 0.3) is 11.8 Å². The summed E-state index contributed by atoms with van der Waals surface area (Å²) < 4.78 is 11.2. The van der Waals surface area contributed by atoms with E-state index >= 15 is 0 Å². The molecule has 0 radical (unpaired) electrons. The average Bonchev–Trinajstić information content (AvgIpc) is 3.25. The van der Waals surface area contributed by atoms with Gasteiger partial charge in [-0.15, -0.1) is 0 Å². The summed E-state index contributed by atoms with van der Waals surface area (Å²) in [6.45, 7) is 12.0. The Morgan fingerprint density at radius 3 is 2.43 bits per heavy atom. The van der Waals surface area contributed by atoms with E-state index in [1.54, 1.807) is 13.0 Å². The van der Waals surface area contributed by atoms with Gasteiger partial charge in [-0.05, 0) is 37.9 Å². The van der Waals surface area contributed by atoms with Crippen LogP contribution in [0.1, 0.15) is 51.1 Å². The number of rotatable bonds is 7. The van der Waals surface area contributed by atoms with Gasteiger partial charge in [0.1, 0.15) is 11.8 Å². The number of benzene rings is 1. The molecule has 11 heteroatoms. The molecule has 0 saturated heterocycles. The Labute approximate surface area is 206 Å². The molecule has 1 aromatic carbocycles. The third-order valence-corrected chi connectivity index (χ3v) is 11.3. The number of hydrogen-bond donors (Lipinski definition) is 3. The van der Waals surface area contributed by atoms with Crippen molar-refractivity contribution in [2.75, 3.05) is 0 Å². The highest BCUT2D eigenvalue weighted by Crippen LogP contribution is 2.37. The summed E-state index contributed by atoms with van der Waals surface area (Å²) in [6.07, 6.45) is 0.0715. The minimum atomic E-state index is -2.17. The van der Waals surface area contributed by atoms with Gasteiger partial charge in [-0.25, -0.2) is 11.3 Å². The van der Waals surface area contributed by atoms with Gasteiger partial charge >= 0.3 is 0 Å². The second-order valence-corrected chi connectivity index (χ2v) is 15.2. The summed E-state index contributed by atoms with van der Waals surface area (Å²) in [4.78, 5) is 37.6. The zero-order chi connectivity index (χ0) is 26.0. The van der Waals surface area contributed by atoms with Crippen molar-refractivity contribution < 1.29 is 23.3 Å².